The number of rotatable bonds is 5. The number of fused-ring (bicyclic) bond motifs is 4. The number of carbonyl (C=O) groups excluding carboxylic acids is 1. The van der Waals surface area contributed by atoms with Crippen LogP contribution in [0.25, 0.3) is 0 Å². The number of Topliss-reactive ketones (excluding diaryl/α,β-unsaturated/α-hetero) is 1. The number of hydrogen-bond acceptors (Lipinski definition) is 5. The number of carboxylic acid groups (broad SMARTS) is 1. The summed E-state index contributed by atoms with van der Waals surface area (Å²) in [6, 6.07) is 0. The third kappa shape index (κ3) is 3.61. The average molecular weight is 503 g/mol. The largest absolute Gasteiger partial charge is 0.478 e. The Balaban J connectivity index is 1.74. The van der Waals surface area contributed by atoms with Crippen LogP contribution in [0.4, 0.5) is 0 Å². The van der Waals surface area contributed by atoms with Crippen LogP contribution in [0.3, 0.4) is 0 Å². The minimum Gasteiger partial charge on any atom is -0.478 e. The fraction of sp³-hybridized carbons (Fsp3) is 0.800. The van der Waals surface area contributed by atoms with E-state index >= 15 is 0 Å². The van der Waals surface area contributed by atoms with Crippen molar-refractivity contribution in [3.63, 3.8) is 0 Å². The Morgan fingerprint density at radius 3 is 2.36 bits per heavy atom. The molecule has 6 nitrogen and oxygen atoms in total. The van der Waals surface area contributed by atoms with Crippen LogP contribution in [0, 0.1) is 33.5 Å². The molecule has 0 aromatic heterocycles. The minimum absolute atomic E-state index is 0.140. The molecule has 0 amide bonds. The van der Waals surface area contributed by atoms with Gasteiger partial charge in [-0.05, 0) is 86.9 Å². The summed E-state index contributed by atoms with van der Waals surface area (Å²) in [5.74, 6) is -0.922. The minimum atomic E-state index is -1.15. The summed E-state index contributed by atoms with van der Waals surface area (Å²) in [5.41, 5.74) is -0.749. The second-order valence-electron chi connectivity index (χ2n) is 13.9. The number of aliphatic carboxylic acids is 1. The molecule has 2 saturated carbocycles. The molecule has 36 heavy (non-hydrogen) atoms. The van der Waals surface area contributed by atoms with Gasteiger partial charge in [0.1, 0.15) is 0 Å². The Bertz CT molecular complexity index is 1020. The van der Waals surface area contributed by atoms with E-state index in [1.807, 2.05) is 0 Å². The number of hydrogen-bond donors (Lipinski definition) is 4. The molecule has 4 N–H and O–H groups in total. The molecule has 4 rings (SSSR count). The van der Waals surface area contributed by atoms with Crippen LogP contribution in [-0.4, -0.2) is 50.0 Å². The van der Waals surface area contributed by atoms with Crippen molar-refractivity contribution < 1.29 is 30.0 Å². The lowest BCUT2D eigenvalue weighted by Crippen LogP contribution is -2.59. The van der Waals surface area contributed by atoms with Gasteiger partial charge < -0.3 is 20.4 Å². The summed E-state index contributed by atoms with van der Waals surface area (Å²) in [7, 11) is 0. The number of carbonyl (C=O) groups is 2. The molecule has 8 unspecified atom stereocenters. The van der Waals surface area contributed by atoms with Crippen LogP contribution >= 0.6 is 0 Å². The van der Waals surface area contributed by atoms with Crippen LogP contribution in [0.15, 0.2) is 22.8 Å². The molecule has 4 aliphatic rings. The van der Waals surface area contributed by atoms with Crippen molar-refractivity contribution in [1.29, 1.82) is 0 Å². The second kappa shape index (κ2) is 8.51. The topological polar surface area (TPSA) is 115 Å². The van der Waals surface area contributed by atoms with E-state index in [0.29, 0.717) is 25.7 Å². The van der Waals surface area contributed by atoms with E-state index in [-0.39, 0.29) is 46.5 Å². The zero-order valence-electron chi connectivity index (χ0n) is 23.1. The van der Waals surface area contributed by atoms with Crippen LogP contribution in [0.1, 0.15) is 99.8 Å². The lowest BCUT2D eigenvalue weighted by atomic mass is 9.42. The summed E-state index contributed by atoms with van der Waals surface area (Å²) in [5, 5.41) is 43.3. The van der Waals surface area contributed by atoms with Crippen LogP contribution < -0.4 is 0 Å². The Kier molecular flexibility index (Phi) is 6.50. The first-order valence-electron chi connectivity index (χ1n) is 13.7. The molecule has 4 aliphatic carbocycles. The van der Waals surface area contributed by atoms with Gasteiger partial charge in [0.25, 0.3) is 0 Å². The van der Waals surface area contributed by atoms with Gasteiger partial charge in [-0.1, -0.05) is 46.3 Å². The second-order valence-corrected chi connectivity index (χ2v) is 13.9. The Labute approximate surface area is 215 Å². The van der Waals surface area contributed by atoms with Crippen molar-refractivity contribution in [2.24, 2.45) is 33.5 Å². The van der Waals surface area contributed by atoms with Gasteiger partial charge in [0.05, 0.1) is 17.8 Å². The van der Waals surface area contributed by atoms with Gasteiger partial charge in [-0.15, -0.1) is 0 Å². The van der Waals surface area contributed by atoms with E-state index in [1.54, 1.807) is 19.9 Å². The molecule has 202 valence electrons. The van der Waals surface area contributed by atoms with Crippen molar-refractivity contribution in [2.75, 3.05) is 0 Å². The van der Waals surface area contributed by atoms with Gasteiger partial charge in [0.2, 0.25) is 0 Å². The number of aliphatic hydroxyl groups excluding tert-OH is 2. The Morgan fingerprint density at radius 2 is 1.75 bits per heavy atom. The summed E-state index contributed by atoms with van der Waals surface area (Å²) in [6.07, 6.45) is 5.12. The molecule has 0 saturated heterocycles. The summed E-state index contributed by atoms with van der Waals surface area (Å²) in [6.45, 7) is 14.0. The summed E-state index contributed by atoms with van der Waals surface area (Å²) in [4.78, 5) is 25.2. The van der Waals surface area contributed by atoms with Crippen LogP contribution in [0.5, 0.6) is 0 Å². The molecular formula is C30H46O6. The summed E-state index contributed by atoms with van der Waals surface area (Å²) < 4.78 is 0. The number of allylic oxidation sites excluding steroid dienone is 2. The van der Waals surface area contributed by atoms with Crippen LogP contribution in [-0.2, 0) is 9.59 Å². The molecule has 0 spiro atoms. The third-order valence-electron chi connectivity index (χ3n) is 11.7. The number of carboxylic acids is 1. The fourth-order valence-corrected chi connectivity index (χ4v) is 9.31. The van der Waals surface area contributed by atoms with Gasteiger partial charge in [0.15, 0.2) is 5.78 Å². The SMILES string of the molecule is CC(=CCCC(C)(O)C1CC(O)C2(C)C3=C(C(=O)CC12C)C1(C)CCC(O)C(C)(C)C1CC3)C(=O)O. The third-order valence-corrected chi connectivity index (χ3v) is 11.7. The standard InChI is InChI=1S/C30H46O6/c1-17(25(34)35)9-8-13-29(6,36)21-15-23(33)30(7)18-10-11-20-26(2,3)22(32)12-14-27(20,4)24(18)19(31)16-28(21,30)5/h9,20-23,32-33,36H,8,10-16H2,1-7H3,(H,34,35). The van der Waals surface area contributed by atoms with Crippen LogP contribution in [0.2, 0.25) is 0 Å². The molecule has 2 fully saturated rings. The highest BCUT2D eigenvalue weighted by molar-refractivity contribution is 6.00. The normalized spacial score (nSPS) is 43.9. The van der Waals surface area contributed by atoms with E-state index in [1.165, 1.54) is 0 Å². The molecule has 0 aromatic rings. The zero-order chi connectivity index (χ0) is 27.1. The molecule has 0 aromatic carbocycles. The first-order chi connectivity index (χ1) is 16.4. The molecule has 0 heterocycles. The predicted octanol–water partition coefficient (Wildman–Crippen LogP) is 4.81. The molecule has 0 radical (unpaired) electrons. The van der Waals surface area contributed by atoms with Crippen molar-refractivity contribution in [3.05, 3.63) is 22.8 Å². The number of aliphatic hydroxyl groups is 3. The Hall–Kier alpha value is -1.50. The van der Waals surface area contributed by atoms with Gasteiger partial charge in [-0.3, -0.25) is 4.79 Å². The van der Waals surface area contributed by atoms with E-state index in [9.17, 15) is 24.9 Å². The van der Waals surface area contributed by atoms with Crippen molar-refractivity contribution in [1.82, 2.24) is 0 Å². The van der Waals surface area contributed by atoms with E-state index in [0.717, 1.165) is 30.4 Å². The predicted molar refractivity (Wildman–Crippen MR) is 138 cm³/mol. The Morgan fingerprint density at radius 1 is 1.11 bits per heavy atom. The monoisotopic (exact) mass is 502 g/mol. The van der Waals surface area contributed by atoms with Crippen molar-refractivity contribution in [3.8, 4) is 0 Å². The highest BCUT2D eigenvalue weighted by Gasteiger charge is 2.70. The van der Waals surface area contributed by atoms with Crippen molar-refractivity contribution in [2.45, 2.75) is 118 Å². The van der Waals surface area contributed by atoms with E-state index in [2.05, 4.69) is 34.6 Å². The van der Waals surface area contributed by atoms with E-state index < -0.39 is 28.5 Å². The lowest BCUT2D eigenvalue weighted by Gasteiger charge is -2.61. The van der Waals surface area contributed by atoms with Gasteiger partial charge in [0, 0.05) is 23.0 Å². The molecule has 6 heteroatoms. The average Bonchev–Trinajstić information content (AvgIpc) is 2.98. The van der Waals surface area contributed by atoms with Crippen molar-refractivity contribution >= 4 is 11.8 Å². The van der Waals surface area contributed by atoms with E-state index in [4.69, 9.17) is 5.11 Å². The quantitative estimate of drug-likeness (QED) is 0.401. The zero-order valence-corrected chi connectivity index (χ0v) is 23.1. The highest BCUT2D eigenvalue weighted by Crippen LogP contribution is 2.72. The highest BCUT2D eigenvalue weighted by atomic mass is 16.4. The molecule has 0 aliphatic heterocycles. The van der Waals surface area contributed by atoms with Gasteiger partial charge >= 0.3 is 5.97 Å². The fourth-order valence-electron chi connectivity index (χ4n) is 9.31. The lowest BCUT2D eigenvalue weighted by molar-refractivity contribution is -0.138. The van der Waals surface area contributed by atoms with Gasteiger partial charge in [-0.2, -0.15) is 0 Å². The molecule has 0 bridgehead atoms. The molecular weight excluding hydrogens is 456 g/mol. The van der Waals surface area contributed by atoms with Gasteiger partial charge in [-0.25, -0.2) is 4.79 Å². The number of ketones is 1. The first-order valence-corrected chi connectivity index (χ1v) is 13.7. The maximum absolute atomic E-state index is 14.1. The maximum Gasteiger partial charge on any atom is 0.330 e. The first kappa shape index (κ1) is 27.5. The maximum atomic E-state index is 14.1. The smallest absolute Gasteiger partial charge is 0.330 e. The summed E-state index contributed by atoms with van der Waals surface area (Å²) >= 11 is 0. The molecule has 8 atom stereocenters.